The third kappa shape index (κ3) is 4.18. The standard InChI is InChI=1S/C9H18N2O2.C2H6/c1-10-7-5-4-6-8(10)9(12)11(2)13-3;1-2/h8H,4-7H2,1-3H3;1-2H3. The SMILES string of the molecule is CC.CON(C)C(=O)C1CCCCN1C. The second-order valence-electron chi connectivity index (χ2n) is 3.51. The van der Waals surface area contributed by atoms with E-state index in [1.807, 2.05) is 20.9 Å². The van der Waals surface area contributed by atoms with E-state index in [9.17, 15) is 4.79 Å². The number of nitrogens with zero attached hydrogens (tertiary/aromatic N) is 2. The Hall–Kier alpha value is -0.610. The second kappa shape index (κ2) is 7.65. The Bertz CT molecular complexity index is 185. The fourth-order valence-electron chi connectivity index (χ4n) is 1.69. The first kappa shape index (κ1) is 14.4. The third-order valence-electron chi connectivity index (χ3n) is 2.64. The van der Waals surface area contributed by atoms with Crippen molar-refractivity contribution in [1.82, 2.24) is 9.96 Å². The molecule has 0 radical (unpaired) electrons. The van der Waals surface area contributed by atoms with Crippen molar-refractivity contribution >= 4 is 5.91 Å². The highest BCUT2D eigenvalue weighted by molar-refractivity contribution is 5.80. The molecule has 0 aromatic heterocycles. The molecule has 0 N–H and O–H groups in total. The predicted octanol–water partition coefficient (Wildman–Crippen LogP) is 1.52. The van der Waals surface area contributed by atoms with Gasteiger partial charge in [-0.15, -0.1) is 0 Å². The van der Waals surface area contributed by atoms with Crippen LogP contribution in [0.25, 0.3) is 0 Å². The van der Waals surface area contributed by atoms with E-state index < -0.39 is 0 Å². The Morgan fingerprint density at radius 3 is 2.47 bits per heavy atom. The van der Waals surface area contributed by atoms with Crippen molar-refractivity contribution in [2.24, 2.45) is 0 Å². The zero-order chi connectivity index (χ0) is 11.8. The molecule has 1 heterocycles. The molecule has 0 aromatic carbocycles. The third-order valence-corrected chi connectivity index (χ3v) is 2.64. The minimum Gasteiger partial charge on any atom is -0.295 e. The maximum atomic E-state index is 11.7. The van der Waals surface area contributed by atoms with Gasteiger partial charge in [0.15, 0.2) is 0 Å². The number of rotatable bonds is 2. The minimum absolute atomic E-state index is 0.0127. The Balaban J connectivity index is 0.000000921. The molecule has 1 atom stereocenters. The first-order valence-electron chi connectivity index (χ1n) is 5.68. The van der Waals surface area contributed by atoms with Crippen molar-refractivity contribution in [2.45, 2.75) is 39.2 Å². The van der Waals surface area contributed by atoms with Crippen LogP contribution < -0.4 is 0 Å². The highest BCUT2D eigenvalue weighted by Crippen LogP contribution is 2.16. The molecule has 0 aliphatic carbocycles. The molecule has 0 aromatic rings. The number of hydrogen-bond acceptors (Lipinski definition) is 3. The molecule has 0 saturated carbocycles. The molecular formula is C11H24N2O2. The second-order valence-corrected chi connectivity index (χ2v) is 3.51. The molecule has 4 nitrogen and oxygen atoms in total. The molecular weight excluding hydrogens is 192 g/mol. The van der Waals surface area contributed by atoms with Gasteiger partial charge in [-0.25, -0.2) is 5.06 Å². The lowest BCUT2D eigenvalue weighted by atomic mass is 10.0. The topological polar surface area (TPSA) is 32.8 Å². The number of hydroxylamine groups is 2. The van der Waals surface area contributed by atoms with E-state index in [0.717, 1.165) is 19.4 Å². The van der Waals surface area contributed by atoms with Gasteiger partial charge < -0.3 is 0 Å². The van der Waals surface area contributed by atoms with E-state index in [1.165, 1.54) is 18.6 Å². The van der Waals surface area contributed by atoms with E-state index in [4.69, 9.17) is 4.84 Å². The van der Waals surface area contributed by atoms with E-state index in [-0.39, 0.29) is 11.9 Å². The van der Waals surface area contributed by atoms with Gasteiger partial charge in [0.1, 0.15) is 0 Å². The molecule has 1 unspecified atom stereocenters. The largest absolute Gasteiger partial charge is 0.295 e. The molecule has 1 aliphatic rings. The van der Waals surface area contributed by atoms with Crippen LogP contribution >= 0.6 is 0 Å². The van der Waals surface area contributed by atoms with Crippen molar-refractivity contribution in [1.29, 1.82) is 0 Å². The summed E-state index contributed by atoms with van der Waals surface area (Å²) in [4.78, 5) is 18.7. The summed E-state index contributed by atoms with van der Waals surface area (Å²) >= 11 is 0. The van der Waals surface area contributed by atoms with Crippen LogP contribution in [0.3, 0.4) is 0 Å². The van der Waals surface area contributed by atoms with E-state index >= 15 is 0 Å². The van der Waals surface area contributed by atoms with Crippen LogP contribution in [0.1, 0.15) is 33.1 Å². The first-order chi connectivity index (χ1) is 7.16. The average molecular weight is 216 g/mol. The van der Waals surface area contributed by atoms with Gasteiger partial charge >= 0.3 is 0 Å². The molecule has 0 spiro atoms. The Morgan fingerprint density at radius 1 is 1.40 bits per heavy atom. The van der Waals surface area contributed by atoms with Gasteiger partial charge in [-0.2, -0.15) is 0 Å². The fourth-order valence-corrected chi connectivity index (χ4v) is 1.69. The van der Waals surface area contributed by atoms with Gasteiger partial charge in [0.05, 0.1) is 13.2 Å². The maximum absolute atomic E-state index is 11.7. The smallest absolute Gasteiger partial charge is 0.263 e. The number of likely N-dealkylation sites (tertiary alicyclic amines) is 1. The van der Waals surface area contributed by atoms with Crippen LogP contribution in [-0.2, 0) is 9.63 Å². The summed E-state index contributed by atoms with van der Waals surface area (Å²) in [6.07, 6.45) is 3.28. The zero-order valence-electron chi connectivity index (χ0n) is 10.6. The normalized spacial score (nSPS) is 21.5. The lowest BCUT2D eigenvalue weighted by Crippen LogP contribution is -2.47. The summed E-state index contributed by atoms with van der Waals surface area (Å²) in [6.45, 7) is 5.01. The number of piperidine rings is 1. The maximum Gasteiger partial charge on any atom is 0.263 e. The summed E-state index contributed by atoms with van der Waals surface area (Å²) in [5.74, 6) is 0.0599. The summed E-state index contributed by atoms with van der Waals surface area (Å²) in [5.41, 5.74) is 0. The van der Waals surface area contributed by atoms with E-state index in [0.29, 0.717) is 0 Å². The van der Waals surface area contributed by atoms with Gasteiger partial charge in [-0.05, 0) is 26.4 Å². The van der Waals surface area contributed by atoms with Crippen LogP contribution in [-0.4, -0.2) is 49.7 Å². The molecule has 90 valence electrons. The molecule has 4 heteroatoms. The minimum atomic E-state index is 0.0127. The number of hydrogen-bond donors (Lipinski definition) is 0. The van der Waals surface area contributed by atoms with Crippen molar-refractivity contribution in [3.05, 3.63) is 0 Å². The Labute approximate surface area is 93.1 Å². The molecule has 1 amide bonds. The molecule has 0 bridgehead atoms. The monoisotopic (exact) mass is 216 g/mol. The Morgan fingerprint density at radius 2 is 2.00 bits per heavy atom. The van der Waals surface area contributed by atoms with Crippen molar-refractivity contribution in [2.75, 3.05) is 27.7 Å². The van der Waals surface area contributed by atoms with E-state index in [1.54, 1.807) is 7.05 Å². The van der Waals surface area contributed by atoms with Crippen LogP contribution in [0, 0.1) is 0 Å². The zero-order valence-corrected chi connectivity index (χ0v) is 10.6. The van der Waals surface area contributed by atoms with Crippen molar-refractivity contribution in [3.8, 4) is 0 Å². The van der Waals surface area contributed by atoms with E-state index in [2.05, 4.69) is 4.90 Å². The summed E-state index contributed by atoms with van der Waals surface area (Å²) in [7, 11) is 5.16. The predicted molar refractivity (Wildman–Crippen MR) is 61.4 cm³/mol. The van der Waals surface area contributed by atoms with Crippen molar-refractivity contribution in [3.63, 3.8) is 0 Å². The van der Waals surface area contributed by atoms with Crippen LogP contribution in [0.4, 0.5) is 0 Å². The molecule has 1 saturated heterocycles. The fraction of sp³-hybridized carbons (Fsp3) is 0.909. The lowest BCUT2D eigenvalue weighted by molar-refractivity contribution is -0.175. The summed E-state index contributed by atoms with van der Waals surface area (Å²) in [5, 5.41) is 1.31. The molecule has 1 aliphatic heterocycles. The van der Waals surface area contributed by atoms with Crippen LogP contribution in [0.2, 0.25) is 0 Å². The number of carbonyl (C=O) groups excluding carboxylic acids is 1. The Kier molecular flexibility index (Phi) is 7.34. The van der Waals surface area contributed by atoms with Crippen LogP contribution in [0.5, 0.6) is 0 Å². The average Bonchev–Trinajstić information content (AvgIpc) is 2.30. The van der Waals surface area contributed by atoms with Gasteiger partial charge in [-0.1, -0.05) is 20.3 Å². The first-order valence-corrected chi connectivity index (χ1v) is 5.68. The van der Waals surface area contributed by atoms with Crippen LogP contribution in [0.15, 0.2) is 0 Å². The number of amides is 1. The quantitative estimate of drug-likeness (QED) is 0.656. The summed E-state index contributed by atoms with van der Waals surface area (Å²) < 4.78 is 0. The molecule has 1 fully saturated rings. The highest BCUT2D eigenvalue weighted by Gasteiger charge is 2.28. The lowest BCUT2D eigenvalue weighted by Gasteiger charge is -2.33. The highest BCUT2D eigenvalue weighted by atomic mass is 16.7. The number of likely N-dealkylation sites (N-methyl/N-ethyl adjacent to an activating group) is 2. The number of carbonyl (C=O) groups is 1. The molecule has 15 heavy (non-hydrogen) atoms. The van der Waals surface area contributed by atoms with Crippen molar-refractivity contribution < 1.29 is 9.63 Å². The van der Waals surface area contributed by atoms with Gasteiger partial charge in [-0.3, -0.25) is 14.5 Å². The van der Waals surface area contributed by atoms with Gasteiger partial charge in [0.25, 0.3) is 5.91 Å². The van der Waals surface area contributed by atoms with Gasteiger partial charge in [0.2, 0.25) is 0 Å². The summed E-state index contributed by atoms with van der Waals surface area (Å²) in [6, 6.07) is 0.0127. The van der Waals surface area contributed by atoms with Gasteiger partial charge in [0, 0.05) is 7.05 Å². The molecule has 1 rings (SSSR count).